The van der Waals surface area contributed by atoms with Gasteiger partial charge in [-0.1, -0.05) is 71.3 Å². The number of hydrogen-bond acceptors (Lipinski definition) is 4. The van der Waals surface area contributed by atoms with E-state index in [9.17, 15) is 0 Å². The zero-order valence-electron chi connectivity index (χ0n) is 26.8. The summed E-state index contributed by atoms with van der Waals surface area (Å²) in [6, 6.07) is 36.6. The molecule has 0 spiro atoms. The predicted molar refractivity (Wildman–Crippen MR) is 181 cm³/mol. The Balaban J connectivity index is 0.00000357. The van der Waals surface area contributed by atoms with Crippen LogP contribution in [0.1, 0.15) is 52.7 Å². The summed E-state index contributed by atoms with van der Waals surface area (Å²) in [5.41, 5.74) is 7.80. The van der Waals surface area contributed by atoms with Crippen molar-refractivity contribution in [2.75, 3.05) is 16.8 Å². The number of pyridine rings is 1. The molecule has 2 aromatic heterocycles. The molecule has 0 atom stereocenters. The molecule has 5 nitrogen and oxygen atoms in total. The molecule has 1 aliphatic rings. The number of nitrogens with zero attached hydrogens (tertiary/aromatic N) is 4. The van der Waals surface area contributed by atoms with E-state index >= 15 is 0 Å². The van der Waals surface area contributed by atoms with Crippen LogP contribution in [0.2, 0.25) is 0 Å². The second-order valence-corrected chi connectivity index (χ2v) is 13.6. The molecule has 6 aromatic rings. The van der Waals surface area contributed by atoms with Gasteiger partial charge in [0.15, 0.2) is 0 Å². The molecular weight excluding hydrogens is 736 g/mol. The number of rotatable bonds is 4. The fourth-order valence-corrected chi connectivity index (χ4v) is 5.90. The first-order valence-electron chi connectivity index (χ1n) is 15.1. The third-order valence-electron chi connectivity index (χ3n) is 8.40. The van der Waals surface area contributed by atoms with Gasteiger partial charge in [-0.2, -0.15) is 18.8 Å². The van der Waals surface area contributed by atoms with Crippen molar-refractivity contribution in [2.24, 2.45) is 0 Å². The van der Waals surface area contributed by atoms with Gasteiger partial charge in [0.25, 0.3) is 0 Å². The average molecular weight is 773 g/mol. The average Bonchev–Trinajstić information content (AvgIpc) is 3.50. The number of para-hydroxylation sites is 1. The van der Waals surface area contributed by atoms with Gasteiger partial charge in [-0.3, -0.25) is 0 Å². The number of fused-ring (bicyclic) bond motifs is 4. The van der Waals surface area contributed by atoms with E-state index in [0.29, 0.717) is 11.5 Å². The quantitative estimate of drug-likeness (QED) is 0.167. The summed E-state index contributed by atoms with van der Waals surface area (Å²) < 4.78 is 8.63. The van der Waals surface area contributed by atoms with Crippen LogP contribution in [0, 0.1) is 18.8 Å². The molecule has 0 fully saturated rings. The SMILES string of the molecule is CN1[CH-]N(c2[c-]c(Oc3[c-]c4c(cc3)c3ccccc3n4-c3cc(C(C)(C)C)ccn3)ccc2)c2cc(C(C)(C)C)ccc21.[Pt]. The van der Waals surface area contributed by atoms with Gasteiger partial charge in [-0.25, -0.2) is 4.98 Å². The second-order valence-electron chi connectivity index (χ2n) is 13.6. The summed E-state index contributed by atoms with van der Waals surface area (Å²) in [6.45, 7) is 15.5. The third-order valence-corrected chi connectivity index (χ3v) is 8.40. The van der Waals surface area contributed by atoms with E-state index in [4.69, 9.17) is 9.72 Å². The minimum Gasteiger partial charge on any atom is -0.509 e. The molecule has 0 unspecified atom stereocenters. The monoisotopic (exact) mass is 772 g/mol. The van der Waals surface area contributed by atoms with Crippen LogP contribution < -0.4 is 14.5 Å². The Morgan fingerprint density at radius 1 is 0.711 bits per heavy atom. The molecule has 6 heteroatoms. The van der Waals surface area contributed by atoms with Gasteiger partial charge in [0.05, 0.1) is 0 Å². The van der Waals surface area contributed by atoms with E-state index in [2.05, 4.69) is 148 Å². The molecule has 0 saturated heterocycles. The Hall–Kier alpha value is -4.08. The van der Waals surface area contributed by atoms with Crippen molar-refractivity contribution in [3.05, 3.63) is 121 Å². The molecule has 4 aromatic carbocycles. The smallest absolute Gasteiger partial charge is 0.135 e. The van der Waals surface area contributed by atoms with Gasteiger partial charge in [-0.05, 0) is 64.7 Å². The number of aromatic nitrogens is 2. The first-order chi connectivity index (χ1) is 21.0. The third kappa shape index (κ3) is 5.64. The van der Waals surface area contributed by atoms with E-state index in [1.165, 1.54) is 11.1 Å². The molecule has 0 saturated carbocycles. The zero-order valence-corrected chi connectivity index (χ0v) is 29.0. The van der Waals surface area contributed by atoms with Gasteiger partial charge in [0, 0.05) is 55.7 Å². The van der Waals surface area contributed by atoms with Crippen LogP contribution in [0.25, 0.3) is 27.6 Å². The van der Waals surface area contributed by atoms with Gasteiger partial charge in [0.1, 0.15) is 5.82 Å². The number of anilines is 3. The van der Waals surface area contributed by atoms with Crippen molar-refractivity contribution in [3.8, 4) is 17.3 Å². The van der Waals surface area contributed by atoms with Crippen molar-refractivity contribution in [1.82, 2.24) is 9.55 Å². The molecule has 0 bridgehead atoms. The van der Waals surface area contributed by atoms with Gasteiger partial charge in [-0.15, -0.1) is 41.4 Å². The van der Waals surface area contributed by atoms with Crippen molar-refractivity contribution in [2.45, 2.75) is 52.4 Å². The van der Waals surface area contributed by atoms with Crippen LogP contribution in [0.3, 0.4) is 0 Å². The van der Waals surface area contributed by atoms with E-state index in [0.717, 1.165) is 44.7 Å². The summed E-state index contributed by atoms with van der Waals surface area (Å²) in [5, 5.41) is 2.26. The fourth-order valence-electron chi connectivity index (χ4n) is 5.90. The van der Waals surface area contributed by atoms with E-state index in [-0.39, 0.29) is 31.9 Å². The fraction of sp³-hybridized carbons (Fsp3) is 0.231. The maximum absolute atomic E-state index is 6.45. The van der Waals surface area contributed by atoms with Crippen molar-refractivity contribution in [1.29, 1.82) is 0 Å². The maximum Gasteiger partial charge on any atom is 0.135 e. The van der Waals surface area contributed by atoms with Crippen molar-refractivity contribution >= 4 is 38.9 Å². The van der Waals surface area contributed by atoms with Crippen LogP contribution in [-0.4, -0.2) is 16.6 Å². The standard InChI is InChI=1S/C39H37N4O.Pt/c1-38(2,3)26-15-18-34-36(21-26)42(25-41(34)7)28-11-10-12-29(23-28)44-30-16-17-32-31-13-8-9-14-33(31)43(35(32)24-30)37-22-27(19-20-40-37)39(4,5)6;/h8-22,25H,1-7H3;/q-3;. The molecule has 0 radical (unpaired) electrons. The molecule has 232 valence electrons. The molecule has 0 aliphatic carbocycles. The Morgan fingerprint density at radius 3 is 2.22 bits per heavy atom. The summed E-state index contributed by atoms with van der Waals surface area (Å²) in [4.78, 5) is 9.12. The van der Waals surface area contributed by atoms with Crippen molar-refractivity contribution < 1.29 is 25.8 Å². The Labute approximate surface area is 280 Å². The largest absolute Gasteiger partial charge is 0.509 e. The minimum absolute atomic E-state index is 0. The van der Waals surface area contributed by atoms with E-state index in [1.54, 1.807) is 0 Å². The number of hydrogen-bond donors (Lipinski definition) is 0. The van der Waals surface area contributed by atoms with Crippen LogP contribution in [0.15, 0.2) is 91.1 Å². The summed E-state index contributed by atoms with van der Waals surface area (Å²) in [6.07, 6.45) is 1.90. The predicted octanol–water partition coefficient (Wildman–Crippen LogP) is 9.87. The van der Waals surface area contributed by atoms with Gasteiger partial charge >= 0.3 is 0 Å². The second kappa shape index (κ2) is 11.4. The first kappa shape index (κ1) is 30.9. The van der Waals surface area contributed by atoms with Crippen LogP contribution in [-0.2, 0) is 31.9 Å². The zero-order chi connectivity index (χ0) is 30.8. The number of benzene rings is 4. The first-order valence-corrected chi connectivity index (χ1v) is 15.1. The van der Waals surface area contributed by atoms with Gasteiger partial charge in [0.2, 0.25) is 0 Å². The molecule has 0 amide bonds. The Morgan fingerprint density at radius 2 is 1.44 bits per heavy atom. The molecular formula is C39H37N4OPt-3. The van der Waals surface area contributed by atoms with Gasteiger partial charge < -0.3 is 19.1 Å². The molecule has 0 N–H and O–H groups in total. The van der Waals surface area contributed by atoms with E-state index in [1.807, 2.05) is 24.4 Å². The minimum atomic E-state index is 0. The molecule has 1 aliphatic heterocycles. The summed E-state index contributed by atoms with van der Waals surface area (Å²) in [5.74, 6) is 2.12. The Kier molecular flexibility index (Phi) is 7.81. The van der Waals surface area contributed by atoms with Crippen molar-refractivity contribution in [3.63, 3.8) is 0 Å². The molecule has 45 heavy (non-hydrogen) atoms. The summed E-state index contributed by atoms with van der Waals surface area (Å²) >= 11 is 0. The van der Waals surface area contributed by atoms with Crippen LogP contribution in [0.5, 0.6) is 11.5 Å². The Bertz CT molecular complexity index is 2030. The maximum atomic E-state index is 6.45. The molecule has 7 rings (SSSR count). The normalized spacial score (nSPS) is 13.3. The van der Waals surface area contributed by atoms with Crippen LogP contribution in [0.4, 0.5) is 17.1 Å². The van der Waals surface area contributed by atoms with E-state index < -0.39 is 0 Å². The van der Waals surface area contributed by atoms with Crippen LogP contribution >= 0.6 is 0 Å². The number of ether oxygens (including phenoxy) is 1. The molecule has 3 heterocycles. The topological polar surface area (TPSA) is 33.5 Å². The summed E-state index contributed by atoms with van der Waals surface area (Å²) in [7, 11) is 2.07.